The third-order valence-corrected chi connectivity index (χ3v) is 5.95. The smallest absolute Gasteiger partial charge is 0.293 e. The molecule has 0 spiro atoms. The molecule has 0 atom stereocenters. The monoisotopic (exact) mass is 534 g/mol. The fraction of sp³-hybridized carbons (Fsp3) is 0.227. The molecule has 0 bridgehead atoms. The zero-order valence-corrected chi connectivity index (χ0v) is 19.6. The van der Waals surface area contributed by atoms with Gasteiger partial charge in [-0.2, -0.15) is 5.26 Å². The minimum absolute atomic E-state index is 0.00828. The number of imide groups is 1. The van der Waals surface area contributed by atoms with Gasteiger partial charge in [0.2, 0.25) is 0 Å². The minimum Gasteiger partial charge on any atom is -0.493 e. The lowest BCUT2D eigenvalue weighted by molar-refractivity contribution is -0.123. The number of ether oxygens (including phenoxy) is 2. The van der Waals surface area contributed by atoms with Crippen molar-refractivity contribution in [3.05, 3.63) is 61.6 Å². The van der Waals surface area contributed by atoms with Gasteiger partial charge in [0, 0.05) is 0 Å². The third-order valence-electron chi connectivity index (χ3n) is 4.24. The molecule has 1 heterocycles. The minimum atomic E-state index is -0.380. The summed E-state index contributed by atoms with van der Waals surface area (Å²) in [7, 11) is 1.56. The van der Waals surface area contributed by atoms with Gasteiger partial charge in [-0.05, 0) is 83.6 Å². The number of carbonyl (C=O) groups excluding carboxylic acids is 2. The molecule has 0 aromatic heterocycles. The molecular weight excluding hydrogens is 515 g/mol. The second kappa shape index (κ2) is 9.53. The number of amides is 2. The predicted octanol–water partition coefficient (Wildman–Crippen LogP) is 5.20. The van der Waals surface area contributed by atoms with Crippen LogP contribution in [0.5, 0.6) is 11.5 Å². The summed E-state index contributed by atoms with van der Waals surface area (Å²) >= 11 is 3.04. The summed E-state index contributed by atoms with van der Waals surface area (Å²) in [6.07, 6.45) is 1.66. The van der Waals surface area contributed by atoms with E-state index in [1.54, 1.807) is 43.5 Å². The van der Waals surface area contributed by atoms with E-state index in [-0.39, 0.29) is 23.8 Å². The molecule has 1 aliphatic rings. The van der Waals surface area contributed by atoms with Crippen molar-refractivity contribution in [1.29, 1.82) is 5.26 Å². The van der Waals surface area contributed by atoms with Crippen LogP contribution in [-0.4, -0.2) is 29.3 Å². The first-order chi connectivity index (χ1) is 14.3. The van der Waals surface area contributed by atoms with E-state index in [9.17, 15) is 14.9 Å². The molecule has 2 amide bonds. The highest BCUT2D eigenvalue weighted by Crippen LogP contribution is 2.38. The second-order valence-corrected chi connectivity index (χ2v) is 8.89. The summed E-state index contributed by atoms with van der Waals surface area (Å²) in [6, 6.07) is 12.7. The summed E-state index contributed by atoms with van der Waals surface area (Å²) < 4.78 is 12.1. The average Bonchev–Trinajstić information content (AvgIpc) is 2.97. The molecule has 30 heavy (non-hydrogen) atoms. The molecule has 0 unspecified atom stereocenters. The first-order valence-electron chi connectivity index (χ1n) is 9.11. The van der Waals surface area contributed by atoms with Crippen molar-refractivity contribution in [1.82, 2.24) is 4.90 Å². The molecule has 2 aromatic rings. The number of carbonyl (C=O) groups is 2. The molecule has 6 nitrogen and oxygen atoms in total. The van der Waals surface area contributed by atoms with Crippen LogP contribution in [0.25, 0.3) is 6.08 Å². The Hall–Kier alpha value is -2.51. The van der Waals surface area contributed by atoms with Crippen molar-refractivity contribution < 1.29 is 19.1 Å². The van der Waals surface area contributed by atoms with Crippen LogP contribution in [-0.2, 0) is 11.3 Å². The Kier molecular flexibility index (Phi) is 7.05. The van der Waals surface area contributed by atoms with E-state index in [0.717, 1.165) is 25.8 Å². The molecule has 8 heteroatoms. The number of hydrogen-bond acceptors (Lipinski definition) is 6. The van der Waals surface area contributed by atoms with Gasteiger partial charge in [-0.3, -0.25) is 14.5 Å². The number of hydrogen-bond donors (Lipinski definition) is 0. The van der Waals surface area contributed by atoms with Crippen LogP contribution in [0.1, 0.15) is 30.5 Å². The van der Waals surface area contributed by atoms with Gasteiger partial charge in [0.25, 0.3) is 11.1 Å². The fourth-order valence-corrected chi connectivity index (χ4v) is 4.49. The molecule has 0 radical (unpaired) electrons. The van der Waals surface area contributed by atoms with Crippen LogP contribution in [0.3, 0.4) is 0 Å². The maximum atomic E-state index is 12.9. The lowest BCUT2D eigenvalue weighted by Gasteiger charge is -2.16. The van der Waals surface area contributed by atoms with E-state index in [2.05, 4.69) is 28.7 Å². The topological polar surface area (TPSA) is 79.6 Å². The zero-order chi connectivity index (χ0) is 21.8. The highest BCUT2D eigenvalue weighted by atomic mass is 127. The maximum Gasteiger partial charge on any atom is 0.293 e. The fourth-order valence-electron chi connectivity index (χ4n) is 2.90. The molecule has 0 saturated carbocycles. The van der Waals surface area contributed by atoms with E-state index in [1.165, 1.54) is 0 Å². The molecule has 1 fully saturated rings. The second-order valence-electron chi connectivity index (χ2n) is 6.74. The van der Waals surface area contributed by atoms with Gasteiger partial charge in [-0.25, -0.2) is 0 Å². The molecule has 154 valence electrons. The number of thioether (sulfide) groups is 1. The van der Waals surface area contributed by atoms with E-state index in [0.29, 0.717) is 27.5 Å². The Labute approximate surface area is 193 Å². The van der Waals surface area contributed by atoms with Gasteiger partial charge in [0.1, 0.15) is 0 Å². The number of halogens is 1. The lowest BCUT2D eigenvalue weighted by Crippen LogP contribution is -2.27. The van der Waals surface area contributed by atoms with Crippen molar-refractivity contribution in [2.45, 2.75) is 26.5 Å². The highest BCUT2D eigenvalue weighted by Gasteiger charge is 2.35. The largest absolute Gasteiger partial charge is 0.493 e. The van der Waals surface area contributed by atoms with Crippen molar-refractivity contribution >= 4 is 51.6 Å². The molecule has 1 saturated heterocycles. The van der Waals surface area contributed by atoms with Gasteiger partial charge in [-0.1, -0.05) is 18.2 Å². The van der Waals surface area contributed by atoms with Crippen molar-refractivity contribution in [3.63, 3.8) is 0 Å². The molecule has 2 aromatic carbocycles. The normalized spacial score (nSPS) is 15.1. The Morgan fingerprint density at radius 3 is 2.67 bits per heavy atom. The molecule has 0 N–H and O–H groups in total. The highest BCUT2D eigenvalue weighted by molar-refractivity contribution is 14.1. The Morgan fingerprint density at radius 1 is 1.27 bits per heavy atom. The van der Waals surface area contributed by atoms with Crippen LogP contribution < -0.4 is 9.47 Å². The van der Waals surface area contributed by atoms with Gasteiger partial charge in [-0.15, -0.1) is 0 Å². The number of methoxy groups -OCH3 is 1. The average molecular weight is 534 g/mol. The first-order valence-corrected chi connectivity index (χ1v) is 11.0. The standard InChI is InChI=1S/C22H19IN2O4S/c1-13(2)29-20-17(23)8-14(9-18(20)28-3)10-19-21(26)25(22(27)30-19)12-16-7-5-4-6-15(16)11-24/h4-10,13H,12H2,1-3H3/b19-10+. The molecule has 1 aliphatic heterocycles. The predicted molar refractivity (Wildman–Crippen MR) is 124 cm³/mol. The van der Waals surface area contributed by atoms with Gasteiger partial charge in [0.05, 0.1) is 39.9 Å². The number of benzene rings is 2. The van der Waals surface area contributed by atoms with E-state index < -0.39 is 0 Å². The van der Waals surface area contributed by atoms with Crippen LogP contribution in [0, 0.1) is 14.9 Å². The van der Waals surface area contributed by atoms with E-state index >= 15 is 0 Å². The first kappa shape index (κ1) is 22.2. The van der Waals surface area contributed by atoms with E-state index in [4.69, 9.17) is 9.47 Å². The maximum absolute atomic E-state index is 12.9. The Morgan fingerprint density at radius 2 is 2.00 bits per heavy atom. The van der Waals surface area contributed by atoms with Crippen molar-refractivity contribution in [2.24, 2.45) is 0 Å². The van der Waals surface area contributed by atoms with Crippen LogP contribution in [0.15, 0.2) is 41.3 Å². The van der Waals surface area contributed by atoms with Crippen LogP contribution >= 0.6 is 34.4 Å². The zero-order valence-electron chi connectivity index (χ0n) is 16.6. The molecular formula is C22H19IN2O4S. The van der Waals surface area contributed by atoms with Gasteiger partial charge in [0.15, 0.2) is 11.5 Å². The SMILES string of the molecule is COc1cc(/C=C2/SC(=O)N(Cc3ccccc3C#N)C2=O)cc(I)c1OC(C)C. The number of nitrogens with zero attached hydrogens (tertiary/aromatic N) is 2. The number of nitriles is 1. The molecule has 3 rings (SSSR count). The summed E-state index contributed by atoms with van der Waals surface area (Å²) in [5.41, 5.74) is 1.81. The summed E-state index contributed by atoms with van der Waals surface area (Å²) in [4.78, 5) is 26.8. The van der Waals surface area contributed by atoms with Crippen molar-refractivity contribution in [2.75, 3.05) is 7.11 Å². The quantitative estimate of drug-likeness (QED) is 0.375. The van der Waals surface area contributed by atoms with Crippen LogP contribution in [0.2, 0.25) is 0 Å². The van der Waals surface area contributed by atoms with Gasteiger partial charge >= 0.3 is 0 Å². The summed E-state index contributed by atoms with van der Waals surface area (Å²) in [5, 5.41) is 8.88. The third kappa shape index (κ3) is 4.79. The summed E-state index contributed by atoms with van der Waals surface area (Å²) in [6.45, 7) is 3.93. The van der Waals surface area contributed by atoms with Crippen LogP contribution in [0.4, 0.5) is 4.79 Å². The van der Waals surface area contributed by atoms with E-state index in [1.807, 2.05) is 19.9 Å². The number of rotatable bonds is 6. The Bertz CT molecular complexity index is 1080. The summed E-state index contributed by atoms with van der Waals surface area (Å²) in [5.74, 6) is 0.824. The lowest BCUT2D eigenvalue weighted by atomic mass is 10.1. The molecule has 0 aliphatic carbocycles. The van der Waals surface area contributed by atoms with Gasteiger partial charge < -0.3 is 9.47 Å². The van der Waals surface area contributed by atoms with Crippen molar-refractivity contribution in [3.8, 4) is 17.6 Å². The Balaban J connectivity index is 1.88.